The molecule has 0 saturated heterocycles. The van der Waals surface area contributed by atoms with E-state index in [2.05, 4.69) is 31.2 Å². The molecule has 0 spiro atoms. The van der Waals surface area contributed by atoms with Crippen LogP contribution in [0.15, 0.2) is 22.9 Å². The van der Waals surface area contributed by atoms with Gasteiger partial charge in [-0.3, -0.25) is 0 Å². The topological polar surface area (TPSA) is 63.8 Å². The lowest BCUT2D eigenvalue weighted by atomic mass is 10.2. The highest BCUT2D eigenvalue weighted by molar-refractivity contribution is 9.10. The molecule has 0 amide bonds. The minimum atomic E-state index is -0.603. The van der Waals surface area contributed by atoms with Gasteiger partial charge in [0.15, 0.2) is 0 Å². The molecule has 0 aliphatic rings. The quantitative estimate of drug-likeness (QED) is 0.877. The second-order valence-corrected chi connectivity index (χ2v) is 4.60. The molecule has 2 heterocycles. The van der Waals surface area contributed by atoms with Crippen LogP contribution in [0.5, 0.6) is 0 Å². The molecule has 1 atom stereocenters. The van der Waals surface area contributed by atoms with Crippen molar-refractivity contribution in [2.24, 2.45) is 0 Å². The van der Waals surface area contributed by atoms with Crippen LogP contribution in [0, 0.1) is 5.95 Å². The van der Waals surface area contributed by atoms with E-state index in [0.29, 0.717) is 23.3 Å². The van der Waals surface area contributed by atoms with Gasteiger partial charge in [-0.1, -0.05) is 12.1 Å². The third kappa shape index (κ3) is 2.91. The average Bonchev–Trinajstić information content (AvgIpc) is 2.80. The lowest BCUT2D eigenvalue weighted by Crippen LogP contribution is -2.02. The van der Waals surface area contributed by atoms with Gasteiger partial charge in [-0.05, 0) is 34.5 Å². The molecule has 2 rings (SSSR count). The summed E-state index contributed by atoms with van der Waals surface area (Å²) in [6.07, 6.45) is 1.65. The SMILES string of the molecule is CCC(O)c1cn(Cc2ccc(F)nc2Br)nn1. The number of nitrogens with zero attached hydrogens (tertiary/aromatic N) is 4. The first-order chi connectivity index (χ1) is 8.60. The Morgan fingerprint density at radius 2 is 2.28 bits per heavy atom. The van der Waals surface area contributed by atoms with E-state index in [0.717, 1.165) is 5.56 Å². The number of aromatic nitrogens is 4. The van der Waals surface area contributed by atoms with Crippen LogP contribution in [-0.4, -0.2) is 25.1 Å². The van der Waals surface area contributed by atoms with E-state index in [4.69, 9.17) is 0 Å². The predicted octanol–water partition coefficient (Wildman–Crippen LogP) is 2.07. The minimum Gasteiger partial charge on any atom is -0.387 e. The van der Waals surface area contributed by atoms with Gasteiger partial charge in [0.25, 0.3) is 0 Å². The maximum atomic E-state index is 12.8. The summed E-state index contributed by atoms with van der Waals surface area (Å²) in [6, 6.07) is 2.92. The van der Waals surface area contributed by atoms with Gasteiger partial charge in [-0.2, -0.15) is 4.39 Å². The molecule has 2 aromatic rings. The van der Waals surface area contributed by atoms with Gasteiger partial charge in [0, 0.05) is 5.56 Å². The number of hydrogen-bond acceptors (Lipinski definition) is 4. The number of rotatable bonds is 4. The molecule has 0 fully saturated rings. The fourth-order valence-electron chi connectivity index (χ4n) is 1.49. The molecule has 0 aliphatic heterocycles. The fraction of sp³-hybridized carbons (Fsp3) is 0.364. The Balaban J connectivity index is 2.16. The van der Waals surface area contributed by atoms with E-state index in [1.807, 2.05) is 6.92 Å². The van der Waals surface area contributed by atoms with Crippen molar-refractivity contribution in [2.45, 2.75) is 26.0 Å². The van der Waals surface area contributed by atoms with Crippen molar-refractivity contribution in [3.8, 4) is 0 Å². The first-order valence-electron chi connectivity index (χ1n) is 5.49. The van der Waals surface area contributed by atoms with Crippen molar-refractivity contribution < 1.29 is 9.50 Å². The summed E-state index contributed by atoms with van der Waals surface area (Å²) in [5.41, 5.74) is 1.32. The average molecular weight is 315 g/mol. The highest BCUT2D eigenvalue weighted by atomic mass is 79.9. The summed E-state index contributed by atoms with van der Waals surface area (Å²) in [4.78, 5) is 3.67. The summed E-state index contributed by atoms with van der Waals surface area (Å²) >= 11 is 3.19. The van der Waals surface area contributed by atoms with Gasteiger partial charge in [0.1, 0.15) is 10.3 Å². The molecule has 5 nitrogen and oxygen atoms in total. The van der Waals surface area contributed by atoms with E-state index in [1.54, 1.807) is 16.9 Å². The van der Waals surface area contributed by atoms with E-state index in [9.17, 15) is 9.50 Å². The van der Waals surface area contributed by atoms with Gasteiger partial charge < -0.3 is 5.11 Å². The van der Waals surface area contributed by atoms with Gasteiger partial charge in [0.2, 0.25) is 5.95 Å². The van der Waals surface area contributed by atoms with Crippen molar-refractivity contribution >= 4 is 15.9 Å². The van der Waals surface area contributed by atoms with Crippen LogP contribution in [0.4, 0.5) is 4.39 Å². The summed E-state index contributed by atoms with van der Waals surface area (Å²) < 4.78 is 14.9. The molecule has 0 radical (unpaired) electrons. The Morgan fingerprint density at radius 3 is 2.94 bits per heavy atom. The van der Waals surface area contributed by atoms with Crippen LogP contribution >= 0.6 is 15.9 Å². The van der Waals surface area contributed by atoms with Gasteiger partial charge in [-0.25, -0.2) is 9.67 Å². The molecule has 18 heavy (non-hydrogen) atoms. The van der Waals surface area contributed by atoms with Crippen LogP contribution in [0.2, 0.25) is 0 Å². The van der Waals surface area contributed by atoms with E-state index in [1.165, 1.54) is 6.07 Å². The zero-order chi connectivity index (χ0) is 13.1. The molecule has 0 aliphatic carbocycles. The zero-order valence-corrected chi connectivity index (χ0v) is 11.3. The number of halogens is 2. The smallest absolute Gasteiger partial charge is 0.213 e. The van der Waals surface area contributed by atoms with Crippen LogP contribution < -0.4 is 0 Å². The predicted molar refractivity (Wildman–Crippen MR) is 66.3 cm³/mol. The summed E-state index contributed by atoms with van der Waals surface area (Å²) in [5.74, 6) is -0.536. The maximum absolute atomic E-state index is 12.8. The highest BCUT2D eigenvalue weighted by Crippen LogP contribution is 2.17. The molecule has 2 aromatic heterocycles. The Kier molecular flexibility index (Phi) is 4.03. The molecule has 0 saturated carbocycles. The second kappa shape index (κ2) is 5.53. The van der Waals surface area contributed by atoms with E-state index >= 15 is 0 Å². The molecule has 96 valence electrons. The number of hydrogen-bond donors (Lipinski definition) is 1. The van der Waals surface area contributed by atoms with E-state index in [-0.39, 0.29) is 0 Å². The van der Waals surface area contributed by atoms with Crippen LogP contribution in [0.1, 0.15) is 30.7 Å². The Hall–Kier alpha value is -1.34. The monoisotopic (exact) mass is 314 g/mol. The molecule has 0 aromatic carbocycles. The van der Waals surface area contributed by atoms with Crippen molar-refractivity contribution in [1.29, 1.82) is 0 Å². The largest absolute Gasteiger partial charge is 0.387 e. The second-order valence-electron chi connectivity index (χ2n) is 3.85. The first-order valence-corrected chi connectivity index (χ1v) is 6.28. The lowest BCUT2D eigenvalue weighted by Gasteiger charge is -2.03. The van der Waals surface area contributed by atoms with Crippen molar-refractivity contribution in [1.82, 2.24) is 20.0 Å². The normalized spacial score (nSPS) is 12.7. The summed E-state index contributed by atoms with van der Waals surface area (Å²) in [7, 11) is 0. The number of aliphatic hydroxyl groups excluding tert-OH is 1. The maximum Gasteiger partial charge on any atom is 0.213 e. The third-order valence-electron chi connectivity index (χ3n) is 2.51. The van der Waals surface area contributed by atoms with Gasteiger partial charge >= 0.3 is 0 Å². The molecule has 0 bridgehead atoms. The Morgan fingerprint density at radius 1 is 1.50 bits per heavy atom. The van der Waals surface area contributed by atoms with Crippen LogP contribution in [0.3, 0.4) is 0 Å². The van der Waals surface area contributed by atoms with Crippen molar-refractivity contribution in [3.05, 3.63) is 40.1 Å². The summed E-state index contributed by atoms with van der Waals surface area (Å²) in [5, 5.41) is 17.4. The zero-order valence-electron chi connectivity index (χ0n) is 9.72. The first kappa shape index (κ1) is 13.1. The lowest BCUT2D eigenvalue weighted by molar-refractivity contribution is 0.168. The molecular formula is C11H12BrFN4O. The Labute approximate surface area is 112 Å². The molecule has 1 N–H and O–H groups in total. The van der Waals surface area contributed by atoms with Crippen molar-refractivity contribution in [2.75, 3.05) is 0 Å². The van der Waals surface area contributed by atoms with Crippen molar-refractivity contribution in [3.63, 3.8) is 0 Å². The highest BCUT2D eigenvalue weighted by Gasteiger charge is 2.11. The molecular weight excluding hydrogens is 303 g/mol. The number of aliphatic hydroxyl groups is 1. The van der Waals surface area contributed by atoms with E-state index < -0.39 is 12.1 Å². The van der Waals surface area contributed by atoms with Crippen LogP contribution in [-0.2, 0) is 6.54 Å². The molecule has 1 unspecified atom stereocenters. The van der Waals surface area contributed by atoms with Gasteiger partial charge in [0.05, 0.1) is 18.8 Å². The van der Waals surface area contributed by atoms with Gasteiger partial charge in [-0.15, -0.1) is 5.10 Å². The minimum absolute atomic E-state index is 0.414. The standard InChI is InChI=1S/C11H12BrFN4O/c1-2-9(18)8-6-17(16-15-8)5-7-3-4-10(13)14-11(7)12/h3-4,6,9,18H,2,5H2,1H3. The molecule has 7 heteroatoms. The fourth-order valence-corrected chi connectivity index (χ4v) is 1.91. The number of pyridine rings is 1. The third-order valence-corrected chi connectivity index (χ3v) is 3.20. The summed E-state index contributed by atoms with van der Waals surface area (Å²) in [6.45, 7) is 2.28. The Bertz CT molecular complexity index is 546. The van der Waals surface area contributed by atoms with Crippen LogP contribution in [0.25, 0.3) is 0 Å².